The molecular formula is C23H22ClN3O4S. The summed E-state index contributed by atoms with van der Waals surface area (Å²) in [6.07, 6.45) is 0.889. The number of nitrogens with one attached hydrogen (secondary N) is 1. The van der Waals surface area contributed by atoms with Crippen LogP contribution < -0.4 is 16.2 Å². The lowest BCUT2D eigenvalue weighted by Gasteiger charge is -2.17. The molecule has 0 unspecified atom stereocenters. The van der Waals surface area contributed by atoms with Crippen LogP contribution in [0.15, 0.2) is 65.6 Å². The number of hydrogen-bond acceptors (Lipinski definition) is 4. The Kier molecular flexibility index (Phi) is 6.98. The molecule has 0 fully saturated rings. The van der Waals surface area contributed by atoms with E-state index >= 15 is 0 Å². The van der Waals surface area contributed by atoms with Gasteiger partial charge in [-0.3, -0.25) is 9.59 Å². The number of anilines is 1. The van der Waals surface area contributed by atoms with Crippen molar-refractivity contribution in [3.05, 3.63) is 71.2 Å². The first-order chi connectivity index (χ1) is 15.1. The number of halogens is 1. The molecule has 0 aliphatic carbocycles. The first-order valence-corrected chi connectivity index (χ1v) is 11.7. The minimum atomic E-state index is -3.87. The maximum Gasteiger partial charge on any atom is 0.250 e. The van der Waals surface area contributed by atoms with Gasteiger partial charge in [-0.25, -0.2) is 13.6 Å². The average Bonchev–Trinajstić information content (AvgIpc) is 2.74. The molecule has 0 aromatic heterocycles. The van der Waals surface area contributed by atoms with Crippen LogP contribution in [0.3, 0.4) is 0 Å². The Labute approximate surface area is 191 Å². The second-order valence-corrected chi connectivity index (χ2v) is 9.18. The predicted molar refractivity (Wildman–Crippen MR) is 126 cm³/mol. The molecule has 0 radical (unpaired) electrons. The summed E-state index contributed by atoms with van der Waals surface area (Å²) < 4.78 is 23.2. The van der Waals surface area contributed by atoms with Crippen LogP contribution in [0.1, 0.15) is 30.1 Å². The van der Waals surface area contributed by atoms with Gasteiger partial charge in [-0.2, -0.15) is 0 Å². The Morgan fingerprint density at radius 3 is 2.06 bits per heavy atom. The van der Waals surface area contributed by atoms with Gasteiger partial charge in [-0.1, -0.05) is 42.8 Å². The van der Waals surface area contributed by atoms with Crippen LogP contribution in [0.4, 0.5) is 5.69 Å². The van der Waals surface area contributed by atoms with Crippen molar-refractivity contribution < 1.29 is 18.0 Å². The highest BCUT2D eigenvalue weighted by Crippen LogP contribution is 2.37. The van der Waals surface area contributed by atoms with Crippen LogP contribution in [-0.2, 0) is 14.8 Å². The molecule has 0 bridgehead atoms. The molecule has 32 heavy (non-hydrogen) atoms. The highest BCUT2D eigenvalue weighted by atomic mass is 35.5. The number of nitrogens with two attached hydrogens (primary N) is 2. The van der Waals surface area contributed by atoms with Crippen molar-refractivity contribution in [2.45, 2.75) is 24.7 Å². The molecule has 3 rings (SSSR count). The molecule has 0 saturated carbocycles. The summed E-state index contributed by atoms with van der Waals surface area (Å²) in [4.78, 5) is 24.6. The molecule has 0 aliphatic rings. The summed E-state index contributed by atoms with van der Waals surface area (Å²) >= 11 is 5.99. The molecule has 0 atom stereocenters. The standard InChI is InChI=1S/C23H22ClN3O4S/c1-2-3-21(28)27-22-19(15-6-10-18(11-7-15)32(26,30)31)12-16(13-20(22)23(25)29)14-4-8-17(24)9-5-14/h4-13H,2-3H2,1H3,(H2,25,29)(H,27,28)(H2,26,30,31). The second kappa shape index (κ2) is 9.52. The molecule has 9 heteroatoms. The maximum absolute atomic E-state index is 12.4. The number of rotatable bonds is 7. The van der Waals surface area contributed by atoms with Gasteiger partial charge in [0.15, 0.2) is 0 Å². The normalized spacial score (nSPS) is 11.2. The summed E-state index contributed by atoms with van der Waals surface area (Å²) in [5.41, 5.74) is 8.59. The van der Waals surface area contributed by atoms with E-state index in [2.05, 4.69) is 5.32 Å². The number of carbonyl (C=O) groups is 2. The third kappa shape index (κ3) is 5.34. The van der Waals surface area contributed by atoms with Crippen molar-refractivity contribution in [1.82, 2.24) is 0 Å². The average molecular weight is 472 g/mol. The van der Waals surface area contributed by atoms with E-state index < -0.39 is 15.9 Å². The van der Waals surface area contributed by atoms with Gasteiger partial charge in [0.1, 0.15) is 0 Å². The Morgan fingerprint density at radius 1 is 0.938 bits per heavy atom. The van der Waals surface area contributed by atoms with Gasteiger partial charge >= 0.3 is 0 Å². The fourth-order valence-electron chi connectivity index (χ4n) is 3.26. The van der Waals surface area contributed by atoms with Gasteiger partial charge in [0.25, 0.3) is 5.91 Å². The lowest BCUT2D eigenvalue weighted by Crippen LogP contribution is -2.19. The summed E-state index contributed by atoms with van der Waals surface area (Å²) in [6.45, 7) is 1.87. The minimum absolute atomic E-state index is 0.0539. The number of sulfonamides is 1. The Balaban J connectivity index is 2.25. The fourth-order valence-corrected chi connectivity index (χ4v) is 3.90. The van der Waals surface area contributed by atoms with Gasteiger partial charge in [0, 0.05) is 17.0 Å². The van der Waals surface area contributed by atoms with E-state index in [0.717, 1.165) is 5.56 Å². The summed E-state index contributed by atoms with van der Waals surface area (Å²) in [7, 11) is -3.87. The molecular weight excluding hydrogens is 450 g/mol. The van der Waals surface area contributed by atoms with Crippen LogP contribution in [0.5, 0.6) is 0 Å². The van der Waals surface area contributed by atoms with Crippen LogP contribution in [0, 0.1) is 0 Å². The van der Waals surface area contributed by atoms with Crippen LogP contribution in [-0.4, -0.2) is 20.2 Å². The van der Waals surface area contributed by atoms with Gasteiger partial charge in [0.05, 0.1) is 16.1 Å². The molecule has 3 aromatic carbocycles. The lowest BCUT2D eigenvalue weighted by atomic mass is 9.93. The first kappa shape index (κ1) is 23.5. The fraction of sp³-hybridized carbons (Fsp3) is 0.130. The third-order valence-electron chi connectivity index (χ3n) is 4.82. The van der Waals surface area contributed by atoms with E-state index in [1.165, 1.54) is 12.1 Å². The molecule has 0 aliphatic heterocycles. The number of carbonyl (C=O) groups excluding carboxylic acids is 2. The SMILES string of the molecule is CCCC(=O)Nc1c(C(N)=O)cc(-c2ccc(Cl)cc2)cc1-c1ccc(S(N)(=O)=O)cc1. The zero-order chi connectivity index (χ0) is 23.5. The number of hydrogen-bond donors (Lipinski definition) is 3. The van der Waals surface area contributed by atoms with Crippen molar-refractivity contribution >= 4 is 39.1 Å². The zero-order valence-electron chi connectivity index (χ0n) is 17.3. The van der Waals surface area contributed by atoms with Gasteiger partial charge in [-0.05, 0) is 59.5 Å². The molecule has 0 heterocycles. The zero-order valence-corrected chi connectivity index (χ0v) is 18.8. The number of amides is 2. The maximum atomic E-state index is 12.4. The van der Waals surface area contributed by atoms with E-state index in [1.54, 1.807) is 48.5 Å². The Bertz CT molecular complexity index is 1270. The van der Waals surface area contributed by atoms with E-state index in [4.69, 9.17) is 22.5 Å². The van der Waals surface area contributed by atoms with Crippen molar-refractivity contribution in [1.29, 1.82) is 0 Å². The summed E-state index contributed by atoms with van der Waals surface area (Å²) in [6, 6.07) is 16.3. The van der Waals surface area contributed by atoms with Gasteiger partial charge in [-0.15, -0.1) is 0 Å². The van der Waals surface area contributed by atoms with E-state index in [0.29, 0.717) is 28.1 Å². The van der Waals surface area contributed by atoms with Crippen molar-refractivity contribution in [3.8, 4) is 22.3 Å². The molecule has 7 nitrogen and oxygen atoms in total. The smallest absolute Gasteiger partial charge is 0.250 e. The van der Waals surface area contributed by atoms with E-state index in [1.807, 2.05) is 6.92 Å². The molecule has 166 valence electrons. The van der Waals surface area contributed by atoms with Crippen LogP contribution in [0.25, 0.3) is 22.3 Å². The van der Waals surface area contributed by atoms with Crippen LogP contribution in [0.2, 0.25) is 5.02 Å². The predicted octanol–water partition coefficient (Wildman–Crippen LogP) is 4.16. The molecule has 3 aromatic rings. The summed E-state index contributed by atoms with van der Waals surface area (Å²) in [5, 5.41) is 8.54. The molecule has 5 N–H and O–H groups in total. The topological polar surface area (TPSA) is 132 Å². The molecule has 0 spiro atoms. The molecule has 0 saturated heterocycles. The van der Waals surface area contributed by atoms with Gasteiger partial charge < -0.3 is 11.1 Å². The van der Waals surface area contributed by atoms with E-state index in [-0.39, 0.29) is 28.5 Å². The monoisotopic (exact) mass is 471 g/mol. The second-order valence-electron chi connectivity index (χ2n) is 7.19. The minimum Gasteiger partial charge on any atom is -0.366 e. The van der Waals surface area contributed by atoms with Crippen molar-refractivity contribution in [2.75, 3.05) is 5.32 Å². The summed E-state index contributed by atoms with van der Waals surface area (Å²) in [5.74, 6) is -0.980. The largest absolute Gasteiger partial charge is 0.366 e. The Hall–Kier alpha value is -3.20. The quantitative estimate of drug-likeness (QED) is 0.477. The van der Waals surface area contributed by atoms with Gasteiger partial charge in [0.2, 0.25) is 15.9 Å². The number of benzene rings is 3. The van der Waals surface area contributed by atoms with Crippen molar-refractivity contribution in [3.63, 3.8) is 0 Å². The third-order valence-corrected chi connectivity index (χ3v) is 6.00. The number of primary sulfonamides is 1. The first-order valence-electron chi connectivity index (χ1n) is 9.77. The molecule has 2 amide bonds. The van der Waals surface area contributed by atoms with Crippen LogP contribution >= 0.6 is 11.6 Å². The lowest BCUT2D eigenvalue weighted by molar-refractivity contribution is -0.116. The van der Waals surface area contributed by atoms with Crippen molar-refractivity contribution in [2.24, 2.45) is 10.9 Å². The number of primary amides is 1. The highest BCUT2D eigenvalue weighted by Gasteiger charge is 2.19. The Morgan fingerprint density at radius 2 is 1.53 bits per heavy atom. The highest BCUT2D eigenvalue weighted by molar-refractivity contribution is 7.89. The van der Waals surface area contributed by atoms with E-state index in [9.17, 15) is 18.0 Å².